The summed E-state index contributed by atoms with van der Waals surface area (Å²) >= 11 is 1.61. The molecule has 5 heteroatoms. The molecule has 0 aromatic heterocycles. The van der Waals surface area contributed by atoms with Crippen LogP contribution in [0.1, 0.15) is 19.8 Å². The van der Waals surface area contributed by atoms with Gasteiger partial charge >= 0.3 is 0 Å². The standard InChI is InChI=1S/C8H14F2N2S/c1-6(5-7(9)10)12-8-11-3-2-4-13-8/h6-7H,2-5H2,1H3,(H,11,12). The van der Waals surface area contributed by atoms with Gasteiger partial charge < -0.3 is 5.32 Å². The van der Waals surface area contributed by atoms with Crippen LogP contribution in [0.15, 0.2) is 4.99 Å². The van der Waals surface area contributed by atoms with Crippen LogP contribution in [0.4, 0.5) is 8.78 Å². The molecule has 1 unspecified atom stereocenters. The highest BCUT2D eigenvalue weighted by molar-refractivity contribution is 8.13. The van der Waals surface area contributed by atoms with Gasteiger partial charge in [0.05, 0.1) is 0 Å². The molecule has 0 fully saturated rings. The Labute approximate surface area is 81.2 Å². The Kier molecular flexibility index (Phi) is 4.48. The first-order chi connectivity index (χ1) is 6.18. The number of alkyl halides is 2. The fourth-order valence-electron chi connectivity index (χ4n) is 1.08. The normalized spacial score (nSPS) is 19.8. The van der Waals surface area contributed by atoms with E-state index >= 15 is 0 Å². The van der Waals surface area contributed by atoms with Gasteiger partial charge in [0.25, 0.3) is 0 Å². The maximum absolute atomic E-state index is 12.0. The summed E-state index contributed by atoms with van der Waals surface area (Å²) in [6, 6.07) is -0.190. The van der Waals surface area contributed by atoms with Gasteiger partial charge in [-0.05, 0) is 13.3 Å². The van der Waals surface area contributed by atoms with Crippen molar-refractivity contribution in [3.63, 3.8) is 0 Å². The van der Waals surface area contributed by atoms with Crippen LogP contribution in [0.25, 0.3) is 0 Å². The van der Waals surface area contributed by atoms with Gasteiger partial charge in [-0.3, -0.25) is 4.99 Å². The molecule has 76 valence electrons. The first-order valence-electron chi connectivity index (χ1n) is 4.40. The molecule has 0 aromatic rings. The lowest BCUT2D eigenvalue weighted by Crippen LogP contribution is -2.33. The Morgan fingerprint density at radius 2 is 2.38 bits per heavy atom. The van der Waals surface area contributed by atoms with Crippen molar-refractivity contribution in [2.75, 3.05) is 12.3 Å². The molecular formula is C8H14F2N2S. The highest BCUT2D eigenvalue weighted by Crippen LogP contribution is 2.12. The lowest BCUT2D eigenvalue weighted by Gasteiger charge is -2.18. The van der Waals surface area contributed by atoms with E-state index in [0.29, 0.717) is 0 Å². The van der Waals surface area contributed by atoms with Gasteiger partial charge in [-0.25, -0.2) is 8.78 Å². The van der Waals surface area contributed by atoms with Gasteiger partial charge in [0, 0.05) is 24.8 Å². The summed E-state index contributed by atoms with van der Waals surface area (Å²) in [5.74, 6) is 1.03. The topological polar surface area (TPSA) is 24.4 Å². The third kappa shape index (κ3) is 4.45. The Bertz CT molecular complexity index is 185. The molecule has 13 heavy (non-hydrogen) atoms. The quantitative estimate of drug-likeness (QED) is 0.768. The molecule has 0 bridgehead atoms. The van der Waals surface area contributed by atoms with E-state index in [1.165, 1.54) is 0 Å². The van der Waals surface area contributed by atoms with Crippen molar-refractivity contribution < 1.29 is 8.78 Å². The lowest BCUT2D eigenvalue weighted by atomic mass is 10.2. The Balaban J connectivity index is 2.26. The van der Waals surface area contributed by atoms with Crippen LogP contribution in [-0.4, -0.2) is 29.9 Å². The third-order valence-corrected chi connectivity index (χ3v) is 2.71. The van der Waals surface area contributed by atoms with Crippen LogP contribution in [0.3, 0.4) is 0 Å². The first-order valence-corrected chi connectivity index (χ1v) is 5.39. The minimum Gasteiger partial charge on any atom is -0.362 e. The zero-order chi connectivity index (χ0) is 9.68. The third-order valence-electron chi connectivity index (χ3n) is 1.70. The molecule has 2 nitrogen and oxygen atoms in total. The average Bonchev–Trinajstić information content (AvgIpc) is 2.04. The van der Waals surface area contributed by atoms with Gasteiger partial charge in [-0.2, -0.15) is 0 Å². The van der Waals surface area contributed by atoms with Gasteiger partial charge in [-0.15, -0.1) is 0 Å². The number of hydrogen-bond donors (Lipinski definition) is 1. The van der Waals surface area contributed by atoms with E-state index in [0.717, 1.165) is 23.9 Å². The SMILES string of the molecule is CC(CC(F)F)NC1=NCCCS1. The summed E-state index contributed by atoms with van der Waals surface area (Å²) < 4.78 is 23.9. The predicted molar refractivity (Wildman–Crippen MR) is 52.6 cm³/mol. The molecule has 0 saturated heterocycles. The smallest absolute Gasteiger partial charge is 0.240 e. The van der Waals surface area contributed by atoms with E-state index in [1.807, 2.05) is 0 Å². The maximum Gasteiger partial charge on any atom is 0.240 e. The summed E-state index contributed by atoms with van der Waals surface area (Å²) in [5, 5.41) is 3.80. The molecule has 0 aliphatic carbocycles. The summed E-state index contributed by atoms with van der Waals surface area (Å²) in [7, 11) is 0. The second-order valence-electron chi connectivity index (χ2n) is 3.06. The van der Waals surface area contributed by atoms with Crippen LogP contribution in [0, 0.1) is 0 Å². The number of aliphatic imine (C=N–C) groups is 1. The number of hydrogen-bond acceptors (Lipinski definition) is 3. The van der Waals surface area contributed by atoms with E-state index in [4.69, 9.17) is 0 Å². The molecule has 1 aliphatic heterocycles. The number of nitrogens with zero attached hydrogens (tertiary/aromatic N) is 1. The Morgan fingerprint density at radius 3 is 2.92 bits per heavy atom. The van der Waals surface area contributed by atoms with Gasteiger partial charge in [0.15, 0.2) is 5.17 Å². The van der Waals surface area contributed by atoms with E-state index in [1.54, 1.807) is 18.7 Å². The van der Waals surface area contributed by atoms with Gasteiger partial charge in [-0.1, -0.05) is 11.8 Å². The molecule has 0 aromatic carbocycles. The summed E-state index contributed by atoms with van der Waals surface area (Å²) in [5.41, 5.74) is 0. The fourth-order valence-corrected chi connectivity index (χ4v) is 2.02. The number of rotatable bonds is 3. The van der Waals surface area contributed by atoms with E-state index in [2.05, 4.69) is 10.3 Å². The van der Waals surface area contributed by atoms with E-state index in [9.17, 15) is 8.78 Å². The highest BCUT2D eigenvalue weighted by atomic mass is 32.2. The zero-order valence-electron chi connectivity index (χ0n) is 7.59. The number of halogens is 2. The molecule has 0 spiro atoms. The number of nitrogens with one attached hydrogen (secondary N) is 1. The molecule has 1 N–H and O–H groups in total. The maximum atomic E-state index is 12.0. The predicted octanol–water partition coefficient (Wildman–Crippen LogP) is 2.11. The second kappa shape index (κ2) is 5.42. The first kappa shape index (κ1) is 10.8. The van der Waals surface area contributed by atoms with Crippen molar-refractivity contribution in [3.05, 3.63) is 0 Å². The van der Waals surface area contributed by atoms with E-state index < -0.39 is 6.43 Å². The lowest BCUT2D eigenvalue weighted by molar-refractivity contribution is 0.128. The monoisotopic (exact) mass is 208 g/mol. The van der Waals surface area contributed by atoms with Crippen molar-refractivity contribution in [2.24, 2.45) is 4.99 Å². The van der Waals surface area contributed by atoms with Crippen molar-refractivity contribution in [2.45, 2.75) is 32.2 Å². The molecule has 1 heterocycles. The van der Waals surface area contributed by atoms with Gasteiger partial charge in [0.1, 0.15) is 0 Å². The van der Waals surface area contributed by atoms with Crippen LogP contribution in [0.2, 0.25) is 0 Å². The molecule has 1 aliphatic rings. The van der Waals surface area contributed by atoms with Crippen molar-refractivity contribution in [3.8, 4) is 0 Å². The number of thioether (sulfide) groups is 1. The molecular weight excluding hydrogens is 194 g/mol. The van der Waals surface area contributed by atoms with E-state index in [-0.39, 0.29) is 12.5 Å². The van der Waals surface area contributed by atoms with Gasteiger partial charge in [0.2, 0.25) is 6.43 Å². The second-order valence-corrected chi connectivity index (χ2v) is 4.14. The highest BCUT2D eigenvalue weighted by Gasteiger charge is 2.13. The summed E-state index contributed by atoms with van der Waals surface area (Å²) in [4.78, 5) is 4.20. The molecule has 1 atom stereocenters. The van der Waals surface area contributed by atoms with Crippen LogP contribution in [0.5, 0.6) is 0 Å². The fraction of sp³-hybridized carbons (Fsp3) is 0.875. The molecule has 0 saturated carbocycles. The van der Waals surface area contributed by atoms with Crippen molar-refractivity contribution in [1.29, 1.82) is 0 Å². The Morgan fingerprint density at radius 1 is 1.62 bits per heavy atom. The summed E-state index contributed by atoms with van der Waals surface area (Å²) in [6.07, 6.45) is -1.27. The van der Waals surface area contributed by atoms with Crippen LogP contribution >= 0.6 is 11.8 Å². The van der Waals surface area contributed by atoms with Crippen molar-refractivity contribution in [1.82, 2.24) is 5.32 Å². The molecule has 0 amide bonds. The molecule has 1 rings (SSSR count). The average molecular weight is 208 g/mol. The zero-order valence-corrected chi connectivity index (χ0v) is 8.41. The largest absolute Gasteiger partial charge is 0.362 e. The van der Waals surface area contributed by atoms with Crippen molar-refractivity contribution >= 4 is 16.9 Å². The summed E-state index contributed by atoms with van der Waals surface area (Å²) in [6.45, 7) is 2.57. The Hall–Kier alpha value is -0.320. The van der Waals surface area contributed by atoms with Crippen LogP contribution < -0.4 is 5.32 Å². The van der Waals surface area contributed by atoms with Crippen LogP contribution in [-0.2, 0) is 0 Å². The minimum absolute atomic E-state index is 0.112. The minimum atomic E-state index is -2.24. The number of amidine groups is 1. The molecule has 0 radical (unpaired) electrons.